The van der Waals surface area contributed by atoms with Crippen LogP contribution in [0.15, 0.2) is 249 Å². The lowest BCUT2D eigenvalue weighted by Gasteiger charge is -2.31. The van der Waals surface area contributed by atoms with Gasteiger partial charge in [0.1, 0.15) is 0 Å². The maximum Gasteiger partial charge on any atom is 0.0546 e. The van der Waals surface area contributed by atoms with Gasteiger partial charge in [-0.1, -0.05) is 226 Å². The molecule has 1 heteroatoms. The molecule has 11 aromatic carbocycles. The minimum atomic E-state index is -0.0763. The molecular weight excluding hydrogens is 795 g/mol. The predicted octanol–water partition coefficient (Wildman–Crippen LogP) is 18.1. The van der Waals surface area contributed by atoms with Crippen molar-refractivity contribution in [3.05, 3.63) is 260 Å². The van der Waals surface area contributed by atoms with Gasteiger partial charge in [-0.25, -0.2) is 0 Å². The Morgan fingerprint density at radius 2 is 0.803 bits per heavy atom. The Hall–Kier alpha value is -8.26. The Morgan fingerprint density at radius 1 is 0.288 bits per heavy atom. The van der Waals surface area contributed by atoms with E-state index in [0.717, 1.165) is 17.1 Å². The highest BCUT2D eigenvalue weighted by atomic mass is 15.1. The summed E-state index contributed by atoms with van der Waals surface area (Å²) < 4.78 is 0. The first kappa shape index (κ1) is 39.3. The molecule has 0 amide bonds. The quantitative estimate of drug-likeness (QED) is 0.138. The average molecular weight is 842 g/mol. The summed E-state index contributed by atoms with van der Waals surface area (Å²) in [5.74, 6) is 0. The Kier molecular flexibility index (Phi) is 9.58. The molecule has 0 bridgehead atoms. The van der Waals surface area contributed by atoms with Crippen molar-refractivity contribution < 1.29 is 0 Å². The lowest BCUT2D eigenvalue weighted by atomic mass is 9.82. The summed E-state index contributed by atoms with van der Waals surface area (Å²) in [4.78, 5) is 2.51. The third kappa shape index (κ3) is 6.55. The van der Waals surface area contributed by atoms with Crippen LogP contribution in [-0.2, 0) is 5.41 Å². The van der Waals surface area contributed by atoms with E-state index < -0.39 is 0 Å². The number of para-hydroxylation sites is 1. The van der Waals surface area contributed by atoms with E-state index in [0.29, 0.717) is 0 Å². The van der Waals surface area contributed by atoms with Crippen LogP contribution in [0, 0.1) is 0 Å². The third-order valence-corrected chi connectivity index (χ3v) is 13.9. The van der Waals surface area contributed by atoms with Crippen LogP contribution in [0.4, 0.5) is 17.1 Å². The molecule has 66 heavy (non-hydrogen) atoms. The molecule has 1 aliphatic rings. The second kappa shape index (κ2) is 16.1. The molecule has 0 N–H and O–H groups in total. The van der Waals surface area contributed by atoms with Gasteiger partial charge in [0.25, 0.3) is 0 Å². The van der Waals surface area contributed by atoms with Crippen LogP contribution in [-0.4, -0.2) is 0 Å². The van der Waals surface area contributed by atoms with E-state index in [1.807, 2.05) is 0 Å². The smallest absolute Gasteiger partial charge is 0.0546 e. The predicted molar refractivity (Wildman–Crippen MR) is 281 cm³/mol. The molecule has 312 valence electrons. The minimum Gasteiger partial charge on any atom is -0.309 e. The Balaban J connectivity index is 1.11. The Morgan fingerprint density at radius 3 is 1.56 bits per heavy atom. The van der Waals surface area contributed by atoms with Crippen LogP contribution in [0.2, 0.25) is 0 Å². The number of hydrogen-bond acceptors (Lipinski definition) is 1. The van der Waals surface area contributed by atoms with Gasteiger partial charge in [-0.05, 0) is 125 Å². The number of nitrogens with zero attached hydrogens (tertiary/aromatic N) is 1. The van der Waals surface area contributed by atoms with E-state index in [-0.39, 0.29) is 5.41 Å². The summed E-state index contributed by atoms with van der Waals surface area (Å²) in [5, 5.41) is 5.04. The lowest BCUT2D eigenvalue weighted by molar-refractivity contribution is 0.660. The molecule has 0 aromatic heterocycles. The molecule has 11 aromatic rings. The second-order valence-corrected chi connectivity index (χ2v) is 18.0. The van der Waals surface area contributed by atoms with Crippen LogP contribution in [0.3, 0.4) is 0 Å². The summed E-state index contributed by atoms with van der Waals surface area (Å²) in [5.41, 5.74) is 20.4. The lowest BCUT2D eigenvalue weighted by Crippen LogP contribution is -2.15. The zero-order valence-electron chi connectivity index (χ0n) is 37.1. The molecule has 0 radical (unpaired) electrons. The van der Waals surface area contributed by atoms with E-state index in [1.54, 1.807) is 0 Å². The van der Waals surface area contributed by atoms with Gasteiger partial charge in [0, 0.05) is 22.2 Å². The van der Waals surface area contributed by atoms with Gasteiger partial charge >= 0.3 is 0 Å². The molecule has 12 rings (SSSR count). The summed E-state index contributed by atoms with van der Waals surface area (Å²) in [6.07, 6.45) is 0. The van der Waals surface area contributed by atoms with Crippen LogP contribution in [0.1, 0.15) is 25.0 Å². The summed E-state index contributed by atoms with van der Waals surface area (Å²) in [6, 6.07) is 91.6. The fourth-order valence-electron chi connectivity index (χ4n) is 10.7. The number of anilines is 3. The van der Waals surface area contributed by atoms with Crippen molar-refractivity contribution in [2.24, 2.45) is 0 Å². The summed E-state index contributed by atoms with van der Waals surface area (Å²) in [6.45, 7) is 4.71. The molecule has 0 aliphatic heterocycles. The van der Waals surface area contributed by atoms with E-state index >= 15 is 0 Å². The van der Waals surface area contributed by atoms with Crippen LogP contribution >= 0.6 is 0 Å². The van der Waals surface area contributed by atoms with Gasteiger partial charge < -0.3 is 4.90 Å². The minimum absolute atomic E-state index is 0.0763. The monoisotopic (exact) mass is 841 g/mol. The van der Waals surface area contributed by atoms with E-state index in [2.05, 4.69) is 267 Å². The summed E-state index contributed by atoms with van der Waals surface area (Å²) >= 11 is 0. The fourth-order valence-corrected chi connectivity index (χ4v) is 10.7. The van der Waals surface area contributed by atoms with Crippen molar-refractivity contribution in [3.8, 4) is 66.8 Å². The van der Waals surface area contributed by atoms with Crippen molar-refractivity contribution in [1.82, 2.24) is 0 Å². The fraction of sp³-hybridized carbons (Fsp3) is 0.0462. The van der Waals surface area contributed by atoms with E-state index in [4.69, 9.17) is 0 Å². The van der Waals surface area contributed by atoms with Crippen LogP contribution in [0.5, 0.6) is 0 Å². The molecule has 1 nitrogen and oxygen atoms in total. The van der Waals surface area contributed by atoms with Gasteiger partial charge in [-0.2, -0.15) is 0 Å². The first-order chi connectivity index (χ1) is 32.5. The van der Waals surface area contributed by atoms with E-state index in [9.17, 15) is 0 Å². The van der Waals surface area contributed by atoms with E-state index in [1.165, 1.54) is 99.4 Å². The van der Waals surface area contributed by atoms with Gasteiger partial charge in [-0.15, -0.1) is 0 Å². The molecule has 0 spiro atoms. The maximum atomic E-state index is 2.51. The number of rotatable bonds is 8. The normalized spacial score (nSPS) is 12.5. The Labute approximate surface area is 387 Å². The van der Waals surface area contributed by atoms with Crippen molar-refractivity contribution in [1.29, 1.82) is 0 Å². The average Bonchev–Trinajstić information content (AvgIpc) is 3.62. The van der Waals surface area contributed by atoms with Crippen LogP contribution < -0.4 is 4.90 Å². The van der Waals surface area contributed by atoms with Crippen molar-refractivity contribution >= 4 is 38.6 Å². The SMILES string of the molecule is CC1(C)c2ccccc2-c2cc(-c3ccccc3N(c3ccc(-c4cc5ccccc5c5ccccc45)cc3)c3cccc(-c4ccccc4)c3-c3ccccc3-c3ccccc3)ccc21. The largest absolute Gasteiger partial charge is 0.309 e. The number of hydrogen-bond donors (Lipinski definition) is 0. The maximum absolute atomic E-state index is 2.51. The first-order valence-electron chi connectivity index (χ1n) is 23.0. The molecule has 0 saturated heterocycles. The molecule has 0 heterocycles. The topological polar surface area (TPSA) is 3.24 Å². The van der Waals surface area contributed by atoms with Gasteiger partial charge in [-0.3, -0.25) is 0 Å². The Bertz CT molecular complexity index is 3600. The highest BCUT2D eigenvalue weighted by Crippen LogP contribution is 2.53. The van der Waals surface area contributed by atoms with Crippen molar-refractivity contribution in [2.75, 3.05) is 4.90 Å². The van der Waals surface area contributed by atoms with Gasteiger partial charge in [0.15, 0.2) is 0 Å². The zero-order valence-corrected chi connectivity index (χ0v) is 37.1. The van der Waals surface area contributed by atoms with Crippen molar-refractivity contribution in [3.63, 3.8) is 0 Å². The standard InChI is InChI=1S/C65H47N/c1-65(2)60-33-17-15-30-56(60)59-43-48(38-41-61(59)65)52-27-16-18-34-62(52)66(49-39-36-46(37-40-49)58-42-47-24-9-10-26-51(47)54-28-12-13-29-55(54)58)63-35-19-32-53(45-22-7-4-8-23-45)64(63)57-31-14-11-25-50(57)44-20-5-3-6-21-44/h3-43H,1-2H3. The van der Waals surface area contributed by atoms with Gasteiger partial charge in [0.2, 0.25) is 0 Å². The van der Waals surface area contributed by atoms with Crippen LogP contribution in [0.25, 0.3) is 88.3 Å². The molecule has 0 fully saturated rings. The highest BCUT2D eigenvalue weighted by Gasteiger charge is 2.35. The summed E-state index contributed by atoms with van der Waals surface area (Å²) in [7, 11) is 0. The molecule has 1 aliphatic carbocycles. The van der Waals surface area contributed by atoms with Gasteiger partial charge in [0.05, 0.1) is 11.4 Å². The molecule has 0 atom stereocenters. The molecule has 0 saturated carbocycles. The van der Waals surface area contributed by atoms with Crippen molar-refractivity contribution in [2.45, 2.75) is 19.3 Å². The number of fused-ring (bicyclic) bond motifs is 6. The third-order valence-electron chi connectivity index (χ3n) is 13.9. The zero-order chi connectivity index (χ0) is 44.2. The highest BCUT2D eigenvalue weighted by molar-refractivity contribution is 6.14. The molecule has 0 unspecified atom stereocenters. The first-order valence-corrected chi connectivity index (χ1v) is 23.0. The molecular formula is C65H47N. The number of benzene rings is 11. The second-order valence-electron chi connectivity index (χ2n) is 18.0.